The first-order valence-corrected chi connectivity index (χ1v) is 14.4. The van der Waals surface area contributed by atoms with Crippen LogP contribution in [0.1, 0.15) is 16.7 Å². The van der Waals surface area contributed by atoms with Gasteiger partial charge in [0.25, 0.3) is 15.9 Å². The number of ether oxygens (including phenoxy) is 3. The molecule has 1 N–H and O–H groups in total. The molecule has 5 rings (SSSR count). The third-order valence-corrected chi connectivity index (χ3v) is 8.69. The minimum atomic E-state index is -3.96. The maximum absolute atomic E-state index is 13.7. The summed E-state index contributed by atoms with van der Waals surface area (Å²) in [5, 5.41) is 2.94. The molecule has 3 aromatic rings. The first-order chi connectivity index (χ1) is 18.8. The van der Waals surface area contributed by atoms with Crippen molar-refractivity contribution in [2.24, 2.45) is 0 Å². The predicted molar refractivity (Wildman–Crippen MR) is 148 cm³/mol. The topological polar surface area (TPSA) is 97.4 Å². The van der Waals surface area contributed by atoms with E-state index in [4.69, 9.17) is 14.2 Å². The van der Waals surface area contributed by atoms with Crippen LogP contribution in [0.25, 0.3) is 0 Å². The molecule has 1 saturated heterocycles. The van der Waals surface area contributed by atoms with E-state index < -0.39 is 16.1 Å². The van der Waals surface area contributed by atoms with Gasteiger partial charge in [-0.2, -0.15) is 0 Å². The van der Waals surface area contributed by atoms with E-state index in [0.717, 1.165) is 44.0 Å². The number of carbonyl (C=O) groups is 1. The predicted octanol–water partition coefficient (Wildman–Crippen LogP) is 3.11. The summed E-state index contributed by atoms with van der Waals surface area (Å²) in [6, 6.07) is 19.6. The summed E-state index contributed by atoms with van der Waals surface area (Å²) < 4.78 is 45.2. The third kappa shape index (κ3) is 6.19. The number of sulfonamides is 1. The van der Waals surface area contributed by atoms with Gasteiger partial charge < -0.3 is 19.5 Å². The van der Waals surface area contributed by atoms with Crippen molar-refractivity contribution in [3.05, 3.63) is 83.4 Å². The summed E-state index contributed by atoms with van der Waals surface area (Å²) in [7, 11) is -2.44. The first-order valence-electron chi connectivity index (χ1n) is 12.9. The van der Waals surface area contributed by atoms with Gasteiger partial charge in [0.2, 0.25) is 0 Å². The molecular weight excluding hydrogens is 518 g/mol. The van der Waals surface area contributed by atoms with Crippen molar-refractivity contribution in [2.45, 2.75) is 31.0 Å². The van der Waals surface area contributed by atoms with Gasteiger partial charge >= 0.3 is 0 Å². The summed E-state index contributed by atoms with van der Waals surface area (Å²) in [5.74, 6) is 0.528. The molecule has 9 nitrogen and oxygen atoms in total. The van der Waals surface area contributed by atoms with Crippen molar-refractivity contribution in [1.82, 2.24) is 10.2 Å². The van der Waals surface area contributed by atoms with Crippen LogP contribution >= 0.6 is 0 Å². The molecule has 2 aliphatic rings. The number of anilines is 1. The SMILES string of the molecule is COc1ccc(S(=O)(=O)N2C[C@H](C(=O)NCc3cccc(CN4CCOCC4)c3)Oc3cc(C)ccc32)cc1. The van der Waals surface area contributed by atoms with Crippen LogP contribution in [0, 0.1) is 6.92 Å². The molecule has 1 fully saturated rings. The molecule has 3 aromatic carbocycles. The zero-order valence-electron chi connectivity index (χ0n) is 22.1. The number of nitrogens with zero attached hydrogens (tertiary/aromatic N) is 2. The molecule has 2 aliphatic heterocycles. The smallest absolute Gasteiger partial charge is 0.264 e. The van der Waals surface area contributed by atoms with Crippen LogP contribution < -0.4 is 19.1 Å². The Hall–Kier alpha value is -3.60. The van der Waals surface area contributed by atoms with Gasteiger partial charge in [0.1, 0.15) is 11.5 Å². The number of amides is 1. The number of aryl methyl sites for hydroxylation is 1. The van der Waals surface area contributed by atoms with E-state index in [-0.39, 0.29) is 17.3 Å². The lowest BCUT2D eigenvalue weighted by Gasteiger charge is -2.35. The Morgan fingerprint density at radius 3 is 2.51 bits per heavy atom. The highest BCUT2D eigenvalue weighted by atomic mass is 32.2. The molecule has 0 aliphatic carbocycles. The fourth-order valence-electron chi connectivity index (χ4n) is 4.76. The number of carbonyl (C=O) groups excluding carboxylic acids is 1. The molecule has 206 valence electrons. The molecular formula is C29H33N3O6S. The summed E-state index contributed by atoms with van der Waals surface area (Å²) in [4.78, 5) is 15.7. The molecule has 0 radical (unpaired) electrons. The summed E-state index contributed by atoms with van der Waals surface area (Å²) in [6.45, 7) is 6.16. The highest BCUT2D eigenvalue weighted by Crippen LogP contribution is 2.38. The van der Waals surface area contributed by atoms with Crippen LogP contribution in [0.5, 0.6) is 11.5 Å². The standard InChI is InChI=1S/C29H33N3O6S/c1-21-6-11-26-27(16-21)38-28(20-32(26)39(34,35)25-9-7-24(36-2)8-10-25)29(33)30-18-22-4-3-5-23(17-22)19-31-12-14-37-15-13-31/h3-11,16-17,28H,12-15,18-20H2,1-2H3,(H,30,33)/t28-/m1/s1. The van der Waals surface area contributed by atoms with Crippen LogP contribution in [0.4, 0.5) is 5.69 Å². The lowest BCUT2D eigenvalue weighted by atomic mass is 10.1. The Labute approximate surface area is 229 Å². The van der Waals surface area contributed by atoms with E-state index in [2.05, 4.69) is 22.3 Å². The Kier molecular flexibility index (Phi) is 8.06. The zero-order chi connectivity index (χ0) is 27.4. The van der Waals surface area contributed by atoms with E-state index >= 15 is 0 Å². The van der Waals surface area contributed by atoms with Gasteiger partial charge in [0.05, 0.1) is 37.5 Å². The Morgan fingerprint density at radius 1 is 1.03 bits per heavy atom. The van der Waals surface area contributed by atoms with Gasteiger partial charge in [-0.05, 0) is 60.0 Å². The average Bonchev–Trinajstić information content (AvgIpc) is 2.96. The number of hydrogen-bond donors (Lipinski definition) is 1. The van der Waals surface area contributed by atoms with Gasteiger partial charge in [-0.3, -0.25) is 14.0 Å². The summed E-state index contributed by atoms with van der Waals surface area (Å²) in [6.07, 6.45) is -1.01. The van der Waals surface area contributed by atoms with Crippen LogP contribution in [0.2, 0.25) is 0 Å². The maximum atomic E-state index is 13.7. The highest BCUT2D eigenvalue weighted by molar-refractivity contribution is 7.92. The first kappa shape index (κ1) is 27.0. The van der Waals surface area contributed by atoms with Gasteiger partial charge in [0, 0.05) is 26.2 Å². The normalized spacial score (nSPS) is 17.7. The number of rotatable bonds is 8. The molecule has 0 spiro atoms. The monoisotopic (exact) mass is 551 g/mol. The van der Waals surface area contributed by atoms with Crippen LogP contribution in [0.15, 0.2) is 71.6 Å². The van der Waals surface area contributed by atoms with E-state index in [1.165, 1.54) is 29.1 Å². The van der Waals surface area contributed by atoms with Crippen molar-refractivity contribution < 1.29 is 27.4 Å². The molecule has 1 amide bonds. The van der Waals surface area contributed by atoms with Crippen molar-refractivity contribution in [3.63, 3.8) is 0 Å². The quantitative estimate of drug-likeness (QED) is 0.460. The van der Waals surface area contributed by atoms with Gasteiger partial charge in [-0.1, -0.05) is 30.3 Å². The second-order valence-electron chi connectivity index (χ2n) is 9.72. The minimum absolute atomic E-state index is 0.105. The van der Waals surface area contributed by atoms with Crippen molar-refractivity contribution in [3.8, 4) is 11.5 Å². The molecule has 2 heterocycles. The molecule has 0 aromatic heterocycles. The second kappa shape index (κ2) is 11.6. The van der Waals surface area contributed by atoms with E-state index in [0.29, 0.717) is 23.7 Å². The van der Waals surface area contributed by atoms with Crippen LogP contribution in [0.3, 0.4) is 0 Å². The van der Waals surface area contributed by atoms with Crippen LogP contribution in [-0.4, -0.2) is 65.3 Å². The fourth-order valence-corrected chi connectivity index (χ4v) is 6.23. The minimum Gasteiger partial charge on any atom is -0.497 e. The Balaban J connectivity index is 1.31. The second-order valence-corrected chi connectivity index (χ2v) is 11.6. The number of methoxy groups -OCH3 is 1. The number of hydrogen-bond acceptors (Lipinski definition) is 7. The number of morpholine rings is 1. The Bertz CT molecular complexity index is 1420. The van der Waals surface area contributed by atoms with Gasteiger partial charge in [-0.15, -0.1) is 0 Å². The van der Waals surface area contributed by atoms with Crippen molar-refractivity contribution in [2.75, 3.05) is 44.3 Å². The van der Waals surface area contributed by atoms with Crippen molar-refractivity contribution in [1.29, 1.82) is 0 Å². The number of fused-ring (bicyclic) bond motifs is 1. The molecule has 1 atom stereocenters. The number of nitrogens with one attached hydrogen (secondary N) is 1. The lowest BCUT2D eigenvalue weighted by molar-refractivity contribution is -0.127. The van der Waals surface area contributed by atoms with E-state index in [1.807, 2.05) is 25.1 Å². The largest absolute Gasteiger partial charge is 0.497 e. The van der Waals surface area contributed by atoms with E-state index in [9.17, 15) is 13.2 Å². The van der Waals surface area contributed by atoms with Crippen molar-refractivity contribution >= 4 is 21.6 Å². The summed E-state index contributed by atoms with van der Waals surface area (Å²) >= 11 is 0. The zero-order valence-corrected chi connectivity index (χ0v) is 22.9. The number of benzene rings is 3. The van der Waals surface area contributed by atoms with Gasteiger partial charge in [-0.25, -0.2) is 8.42 Å². The maximum Gasteiger partial charge on any atom is 0.264 e. The van der Waals surface area contributed by atoms with Crippen LogP contribution in [-0.2, 0) is 32.6 Å². The van der Waals surface area contributed by atoms with E-state index in [1.54, 1.807) is 24.3 Å². The average molecular weight is 552 g/mol. The molecule has 0 unspecified atom stereocenters. The summed E-state index contributed by atoms with van der Waals surface area (Å²) in [5.41, 5.74) is 3.42. The molecule has 0 bridgehead atoms. The molecule has 0 saturated carbocycles. The third-order valence-electron chi connectivity index (χ3n) is 6.89. The Morgan fingerprint density at radius 2 is 1.77 bits per heavy atom. The molecule has 10 heteroatoms. The lowest BCUT2D eigenvalue weighted by Crippen LogP contribution is -2.50. The fraction of sp³-hybridized carbons (Fsp3) is 0.345. The molecule has 39 heavy (non-hydrogen) atoms. The highest BCUT2D eigenvalue weighted by Gasteiger charge is 2.37. The van der Waals surface area contributed by atoms with Gasteiger partial charge in [0.15, 0.2) is 6.10 Å².